The van der Waals surface area contributed by atoms with Gasteiger partial charge in [-0.2, -0.15) is 0 Å². The maximum Gasteiger partial charge on any atom is 0.338 e. The molecular weight excluding hydrogens is 302 g/mol. The molecule has 1 N–H and O–H groups in total. The van der Waals surface area contributed by atoms with Crippen molar-refractivity contribution in [2.45, 2.75) is 20.0 Å². The quantitative estimate of drug-likeness (QED) is 0.859. The number of ether oxygens (including phenoxy) is 1. The lowest BCUT2D eigenvalue weighted by atomic mass is 10.1. The van der Waals surface area contributed by atoms with E-state index in [9.17, 15) is 9.59 Å². The minimum absolute atomic E-state index is 0.164. The number of hydrogen-bond donors (Lipinski definition) is 1. The topological polar surface area (TPSA) is 55.4 Å². The molecule has 1 atom stereocenters. The molecule has 0 radical (unpaired) electrons. The van der Waals surface area contributed by atoms with Gasteiger partial charge < -0.3 is 10.1 Å². The molecule has 0 aliphatic rings. The predicted molar refractivity (Wildman–Crippen MR) is 86.0 cm³/mol. The molecular formula is C17H16ClNO3. The maximum atomic E-state index is 12.1. The molecule has 5 heteroatoms. The maximum absolute atomic E-state index is 12.1. The largest absolute Gasteiger partial charge is 0.454 e. The van der Waals surface area contributed by atoms with Crippen LogP contribution in [0.2, 0.25) is 5.02 Å². The van der Waals surface area contributed by atoms with Crippen LogP contribution in [-0.4, -0.2) is 11.9 Å². The number of anilines is 1. The standard InChI is InChI=1S/C17H16ClNO3/c1-11(15-5-3-4-6-16(15)18)22-17(21)13-7-9-14(10-8-13)19-12(2)20/h3-11H,1-2H3,(H,19,20)/t11-/m1/s1. The van der Waals surface area contributed by atoms with E-state index in [4.69, 9.17) is 16.3 Å². The van der Waals surface area contributed by atoms with Crippen molar-refractivity contribution >= 4 is 29.2 Å². The monoisotopic (exact) mass is 317 g/mol. The van der Waals surface area contributed by atoms with Crippen molar-refractivity contribution in [3.8, 4) is 0 Å². The van der Waals surface area contributed by atoms with Gasteiger partial charge in [-0.05, 0) is 37.3 Å². The fourth-order valence-electron chi connectivity index (χ4n) is 1.99. The first-order valence-electron chi connectivity index (χ1n) is 6.80. The number of nitrogens with one attached hydrogen (secondary N) is 1. The van der Waals surface area contributed by atoms with Gasteiger partial charge >= 0.3 is 5.97 Å². The van der Waals surface area contributed by atoms with Gasteiger partial charge in [0.2, 0.25) is 5.91 Å². The van der Waals surface area contributed by atoms with Gasteiger partial charge in [-0.3, -0.25) is 4.79 Å². The summed E-state index contributed by atoms with van der Waals surface area (Å²) in [7, 11) is 0. The average Bonchev–Trinajstić information content (AvgIpc) is 2.47. The fraction of sp³-hybridized carbons (Fsp3) is 0.176. The second-order valence-electron chi connectivity index (χ2n) is 4.83. The van der Waals surface area contributed by atoms with Crippen LogP contribution in [0.5, 0.6) is 0 Å². The molecule has 114 valence electrons. The molecule has 1 amide bonds. The van der Waals surface area contributed by atoms with Gasteiger partial charge in [0.25, 0.3) is 0 Å². The molecule has 0 saturated heterocycles. The van der Waals surface area contributed by atoms with Crippen molar-refractivity contribution in [2.24, 2.45) is 0 Å². The second-order valence-corrected chi connectivity index (χ2v) is 5.23. The van der Waals surface area contributed by atoms with Crippen LogP contribution in [0.4, 0.5) is 5.69 Å². The third kappa shape index (κ3) is 4.09. The van der Waals surface area contributed by atoms with E-state index in [0.717, 1.165) is 5.56 Å². The molecule has 2 rings (SSSR count). The number of carbonyl (C=O) groups excluding carboxylic acids is 2. The van der Waals surface area contributed by atoms with E-state index in [1.165, 1.54) is 6.92 Å². The van der Waals surface area contributed by atoms with Crippen molar-refractivity contribution < 1.29 is 14.3 Å². The molecule has 22 heavy (non-hydrogen) atoms. The van der Waals surface area contributed by atoms with Crippen LogP contribution in [0.1, 0.15) is 35.9 Å². The van der Waals surface area contributed by atoms with E-state index < -0.39 is 12.1 Å². The highest BCUT2D eigenvalue weighted by Crippen LogP contribution is 2.26. The highest BCUT2D eigenvalue weighted by molar-refractivity contribution is 6.31. The molecule has 0 fully saturated rings. The molecule has 0 aliphatic heterocycles. The number of carbonyl (C=O) groups is 2. The van der Waals surface area contributed by atoms with Crippen molar-refractivity contribution in [1.29, 1.82) is 0 Å². The summed E-state index contributed by atoms with van der Waals surface area (Å²) in [6.45, 7) is 3.19. The van der Waals surface area contributed by atoms with E-state index in [-0.39, 0.29) is 5.91 Å². The van der Waals surface area contributed by atoms with Gasteiger partial charge in [0.1, 0.15) is 6.10 Å². The Labute approximate surface area is 134 Å². The van der Waals surface area contributed by atoms with Crippen molar-refractivity contribution in [3.05, 3.63) is 64.7 Å². The Bertz CT molecular complexity index is 683. The second kappa shape index (κ2) is 7.09. The van der Waals surface area contributed by atoms with E-state index >= 15 is 0 Å². The van der Waals surface area contributed by atoms with Crippen molar-refractivity contribution in [3.63, 3.8) is 0 Å². The molecule has 4 nitrogen and oxygen atoms in total. The molecule has 0 bridgehead atoms. The van der Waals surface area contributed by atoms with Gasteiger partial charge in [0, 0.05) is 23.2 Å². The first kappa shape index (κ1) is 16.0. The lowest BCUT2D eigenvalue weighted by molar-refractivity contribution is -0.114. The molecule has 2 aromatic rings. The zero-order chi connectivity index (χ0) is 16.1. The van der Waals surface area contributed by atoms with Gasteiger partial charge in [0.15, 0.2) is 0 Å². The summed E-state index contributed by atoms with van der Waals surface area (Å²) in [5.41, 5.74) is 1.79. The molecule has 0 spiro atoms. The summed E-state index contributed by atoms with van der Waals surface area (Å²) in [6.07, 6.45) is -0.448. The van der Waals surface area contributed by atoms with E-state index in [0.29, 0.717) is 16.3 Å². The smallest absolute Gasteiger partial charge is 0.338 e. The van der Waals surface area contributed by atoms with Gasteiger partial charge in [-0.15, -0.1) is 0 Å². The summed E-state index contributed by atoms with van der Waals surface area (Å²) in [5, 5.41) is 3.20. The minimum atomic E-state index is -0.448. The number of esters is 1. The predicted octanol–water partition coefficient (Wildman–Crippen LogP) is 4.22. The van der Waals surface area contributed by atoms with Gasteiger partial charge in [0.05, 0.1) is 5.56 Å². The van der Waals surface area contributed by atoms with Crippen LogP contribution in [0.3, 0.4) is 0 Å². The Balaban J connectivity index is 2.06. The molecule has 0 aromatic heterocycles. The SMILES string of the molecule is CC(=O)Nc1ccc(C(=O)O[C@H](C)c2ccccc2Cl)cc1. The van der Waals surface area contributed by atoms with Crippen LogP contribution in [0.25, 0.3) is 0 Å². The molecule has 0 aliphatic carbocycles. The highest BCUT2D eigenvalue weighted by atomic mass is 35.5. The summed E-state index contributed by atoms with van der Waals surface area (Å²) in [6, 6.07) is 13.7. The van der Waals surface area contributed by atoms with Crippen LogP contribution in [0, 0.1) is 0 Å². The fourth-order valence-corrected chi connectivity index (χ4v) is 2.28. The third-order valence-electron chi connectivity index (χ3n) is 3.07. The lowest BCUT2D eigenvalue weighted by Gasteiger charge is -2.15. The Morgan fingerprint density at radius 1 is 1.09 bits per heavy atom. The van der Waals surface area contributed by atoms with Crippen LogP contribution in [-0.2, 0) is 9.53 Å². The Kier molecular flexibility index (Phi) is 5.17. The van der Waals surface area contributed by atoms with Crippen LogP contribution >= 0.6 is 11.6 Å². The first-order valence-corrected chi connectivity index (χ1v) is 7.18. The van der Waals surface area contributed by atoms with E-state index in [1.54, 1.807) is 37.3 Å². The van der Waals surface area contributed by atoms with Gasteiger partial charge in [-0.25, -0.2) is 4.79 Å². The number of hydrogen-bond acceptors (Lipinski definition) is 3. The van der Waals surface area contributed by atoms with E-state index in [1.807, 2.05) is 18.2 Å². The summed E-state index contributed by atoms with van der Waals surface area (Å²) in [4.78, 5) is 23.1. The Morgan fingerprint density at radius 2 is 1.73 bits per heavy atom. The van der Waals surface area contributed by atoms with Crippen LogP contribution < -0.4 is 5.32 Å². The molecule has 0 heterocycles. The highest BCUT2D eigenvalue weighted by Gasteiger charge is 2.15. The van der Waals surface area contributed by atoms with Crippen LogP contribution in [0.15, 0.2) is 48.5 Å². The zero-order valence-corrected chi connectivity index (χ0v) is 13.1. The zero-order valence-electron chi connectivity index (χ0n) is 12.3. The summed E-state index contributed by atoms with van der Waals surface area (Å²) >= 11 is 6.09. The Morgan fingerprint density at radius 3 is 2.32 bits per heavy atom. The minimum Gasteiger partial charge on any atom is -0.454 e. The first-order chi connectivity index (χ1) is 10.5. The normalized spacial score (nSPS) is 11.6. The molecule has 0 saturated carbocycles. The number of benzene rings is 2. The average molecular weight is 318 g/mol. The Hall–Kier alpha value is -2.33. The molecule has 2 aromatic carbocycles. The van der Waals surface area contributed by atoms with E-state index in [2.05, 4.69) is 5.32 Å². The number of rotatable bonds is 4. The summed E-state index contributed by atoms with van der Waals surface area (Å²) in [5.74, 6) is -0.607. The number of amides is 1. The van der Waals surface area contributed by atoms with Gasteiger partial charge in [-0.1, -0.05) is 29.8 Å². The van der Waals surface area contributed by atoms with Crippen molar-refractivity contribution in [1.82, 2.24) is 0 Å². The third-order valence-corrected chi connectivity index (χ3v) is 3.41. The number of halogens is 1. The molecule has 0 unspecified atom stereocenters. The summed E-state index contributed by atoms with van der Waals surface area (Å²) < 4.78 is 5.41. The lowest BCUT2D eigenvalue weighted by Crippen LogP contribution is -2.10. The van der Waals surface area contributed by atoms with Crippen molar-refractivity contribution in [2.75, 3.05) is 5.32 Å².